The lowest BCUT2D eigenvalue weighted by molar-refractivity contribution is -0.144. The Kier molecular flexibility index (Phi) is 6.28. The molecule has 4 N–H and O–H groups in total. The summed E-state index contributed by atoms with van der Waals surface area (Å²) >= 11 is 0. The number of nitrogens with zero attached hydrogens (tertiary/aromatic N) is 2. The van der Waals surface area contributed by atoms with Gasteiger partial charge >= 0.3 is 5.97 Å². The van der Waals surface area contributed by atoms with Gasteiger partial charge in [-0.3, -0.25) is 9.89 Å². The number of fused-ring (bicyclic) bond motifs is 1. The van der Waals surface area contributed by atoms with E-state index >= 15 is 0 Å². The maximum absolute atomic E-state index is 10.6. The molecular formula is C23H25N5O3. The van der Waals surface area contributed by atoms with Crippen LogP contribution in [-0.4, -0.2) is 32.7 Å². The third-order valence-corrected chi connectivity index (χ3v) is 4.79. The molecule has 0 atom stereocenters. The van der Waals surface area contributed by atoms with E-state index in [0.29, 0.717) is 13.2 Å². The molecule has 8 nitrogen and oxygen atoms in total. The van der Waals surface area contributed by atoms with Gasteiger partial charge in [0.15, 0.2) is 0 Å². The number of esters is 1. The number of carbonyl (C=O) groups is 1. The molecule has 8 heteroatoms. The van der Waals surface area contributed by atoms with Gasteiger partial charge in [-0.1, -0.05) is 0 Å². The lowest BCUT2D eigenvalue weighted by Gasteiger charge is -2.06. The highest BCUT2D eigenvalue weighted by molar-refractivity contribution is 5.77. The molecule has 1 aliphatic rings. The molecule has 0 saturated heterocycles. The Morgan fingerprint density at radius 1 is 1.13 bits per heavy atom. The second-order valence-corrected chi connectivity index (χ2v) is 7.19. The standard InChI is InChI=1S/C17H15N5O.C6H10O2/c18-10-17-20-15-6-5-13(9-16(15)21-17)23-12-3-1-11(2-4-12)14-7-8-19-22-14;1-2-8-6(7)5-3-4-5/h1-9H,10,18H2,(H,19,22)(H,20,21);5H,2-4H2,1H3. The summed E-state index contributed by atoms with van der Waals surface area (Å²) in [6, 6.07) is 15.5. The fraction of sp³-hybridized carbons (Fsp3) is 0.261. The SMILES string of the molecule is CCOC(=O)C1CC1.NCc1nc2ccc(Oc3ccc(-c4ccn[nH]4)cc3)cc2[nH]1. The van der Waals surface area contributed by atoms with E-state index in [4.69, 9.17) is 15.2 Å². The molecule has 1 aliphatic carbocycles. The van der Waals surface area contributed by atoms with Gasteiger partial charge in [0.25, 0.3) is 0 Å². The molecule has 0 aliphatic heterocycles. The highest BCUT2D eigenvalue weighted by Crippen LogP contribution is 2.30. The topological polar surface area (TPSA) is 119 Å². The van der Waals surface area contributed by atoms with Gasteiger partial charge in [-0.2, -0.15) is 5.10 Å². The first-order valence-electron chi connectivity index (χ1n) is 10.3. The summed E-state index contributed by atoms with van der Waals surface area (Å²) in [5.41, 5.74) is 9.43. The fourth-order valence-electron chi connectivity index (χ4n) is 3.04. The fourth-order valence-corrected chi connectivity index (χ4v) is 3.04. The molecule has 2 heterocycles. The largest absolute Gasteiger partial charge is 0.466 e. The third kappa shape index (κ3) is 5.29. The van der Waals surface area contributed by atoms with Crippen molar-refractivity contribution in [1.82, 2.24) is 20.2 Å². The van der Waals surface area contributed by atoms with Gasteiger partial charge in [0.2, 0.25) is 0 Å². The smallest absolute Gasteiger partial charge is 0.308 e. The van der Waals surface area contributed by atoms with E-state index in [1.165, 1.54) is 0 Å². The summed E-state index contributed by atoms with van der Waals surface area (Å²) in [6.45, 7) is 2.75. The first kappa shape index (κ1) is 20.6. The van der Waals surface area contributed by atoms with Crippen LogP contribution in [0, 0.1) is 5.92 Å². The lowest BCUT2D eigenvalue weighted by atomic mass is 10.1. The second kappa shape index (κ2) is 9.44. The van der Waals surface area contributed by atoms with Crippen LogP contribution in [-0.2, 0) is 16.1 Å². The number of benzene rings is 2. The summed E-state index contributed by atoms with van der Waals surface area (Å²) in [6.07, 6.45) is 3.81. The van der Waals surface area contributed by atoms with E-state index < -0.39 is 0 Å². The van der Waals surface area contributed by atoms with Crippen LogP contribution in [0.4, 0.5) is 0 Å². The van der Waals surface area contributed by atoms with Crippen LogP contribution in [0.25, 0.3) is 22.3 Å². The molecule has 31 heavy (non-hydrogen) atoms. The molecule has 160 valence electrons. The second-order valence-electron chi connectivity index (χ2n) is 7.19. The third-order valence-electron chi connectivity index (χ3n) is 4.79. The Balaban J connectivity index is 0.000000245. The van der Waals surface area contributed by atoms with Crippen molar-refractivity contribution in [3.63, 3.8) is 0 Å². The van der Waals surface area contributed by atoms with E-state index in [1.54, 1.807) is 6.20 Å². The van der Waals surface area contributed by atoms with Crippen LogP contribution in [0.3, 0.4) is 0 Å². The lowest BCUT2D eigenvalue weighted by Crippen LogP contribution is -2.04. The molecule has 0 spiro atoms. The van der Waals surface area contributed by atoms with E-state index in [9.17, 15) is 4.79 Å². The first-order valence-corrected chi connectivity index (χ1v) is 10.3. The van der Waals surface area contributed by atoms with Gasteiger partial charge in [0, 0.05) is 12.3 Å². The van der Waals surface area contributed by atoms with Gasteiger partial charge in [0.05, 0.1) is 35.8 Å². The van der Waals surface area contributed by atoms with Crippen molar-refractivity contribution in [2.75, 3.05) is 6.61 Å². The van der Waals surface area contributed by atoms with E-state index in [2.05, 4.69) is 20.2 Å². The Morgan fingerprint density at radius 3 is 2.55 bits per heavy atom. The van der Waals surface area contributed by atoms with Crippen LogP contribution in [0.15, 0.2) is 54.7 Å². The maximum Gasteiger partial charge on any atom is 0.308 e. The van der Waals surface area contributed by atoms with Crippen molar-refractivity contribution in [3.05, 3.63) is 60.6 Å². The number of nitrogens with one attached hydrogen (secondary N) is 2. The number of carbonyl (C=O) groups excluding carboxylic acids is 1. The highest BCUT2D eigenvalue weighted by atomic mass is 16.5. The average Bonchev–Trinajstić information content (AvgIpc) is 3.33. The minimum atomic E-state index is -0.00694. The van der Waals surface area contributed by atoms with E-state index in [0.717, 1.165) is 52.5 Å². The quantitative estimate of drug-likeness (QED) is 0.404. The zero-order valence-electron chi connectivity index (χ0n) is 17.3. The summed E-state index contributed by atoms with van der Waals surface area (Å²) in [5, 5.41) is 6.89. The number of nitrogens with two attached hydrogens (primary N) is 1. The Labute approximate surface area is 179 Å². The molecule has 0 radical (unpaired) electrons. The van der Waals surface area contributed by atoms with Gasteiger partial charge in [0.1, 0.15) is 17.3 Å². The van der Waals surface area contributed by atoms with Crippen LogP contribution in [0.5, 0.6) is 11.5 Å². The van der Waals surface area contributed by atoms with Gasteiger partial charge in [-0.25, -0.2) is 4.98 Å². The number of aromatic nitrogens is 4. The normalized spacial score (nSPS) is 12.8. The predicted molar refractivity (Wildman–Crippen MR) is 117 cm³/mol. The van der Waals surface area contributed by atoms with Gasteiger partial charge in [-0.05, 0) is 67.8 Å². The molecule has 1 saturated carbocycles. The number of H-pyrrole nitrogens is 2. The number of ether oxygens (including phenoxy) is 2. The van der Waals surface area contributed by atoms with Crippen molar-refractivity contribution in [2.45, 2.75) is 26.3 Å². The number of rotatable bonds is 6. The monoisotopic (exact) mass is 419 g/mol. The molecule has 2 aromatic carbocycles. The van der Waals surface area contributed by atoms with Crippen molar-refractivity contribution >= 4 is 17.0 Å². The first-order chi connectivity index (χ1) is 15.2. The molecule has 2 aromatic heterocycles. The molecular weight excluding hydrogens is 394 g/mol. The number of hydrogen-bond acceptors (Lipinski definition) is 6. The van der Waals surface area contributed by atoms with Crippen molar-refractivity contribution < 1.29 is 14.3 Å². The Morgan fingerprint density at radius 2 is 1.90 bits per heavy atom. The molecule has 5 rings (SSSR count). The maximum atomic E-state index is 10.6. The van der Waals surface area contributed by atoms with Crippen LogP contribution in [0.1, 0.15) is 25.6 Å². The summed E-state index contributed by atoms with van der Waals surface area (Å²) in [5.74, 6) is 2.54. The van der Waals surface area contributed by atoms with Crippen LogP contribution in [0.2, 0.25) is 0 Å². The van der Waals surface area contributed by atoms with Crippen LogP contribution >= 0.6 is 0 Å². The minimum Gasteiger partial charge on any atom is -0.466 e. The number of aromatic amines is 2. The molecule has 1 fully saturated rings. The van der Waals surface area contributed by atoms with Gasteiger partial charge in [-0.15, -0.1) is 0 Å². The molecule has 0 unspecified atom stereocenters. The molecule has 0 amide bonds. The molecule has 4 aromatic rings. The molecule has 0 bridgehead atoms. The van der Waals surface area contributed by atoms with Crippen molar-refractivity contribution in [3.8, 4) is 22.8 Å². The summed E-state index contributed by atoms with van der Waals surface area (Å²) in [4.78, 5) is 18.1. The van der Waals surface area contributed by atoms with E-state index in [-0.39, 0.29) is 11.9 Å². The summed E-state index contributed by atoms with van der Waals surface area (Å²) < 4.78 is 10.6. The minimum absolute atomic E-state index is 0.00694. The van der Waals surface area contributed by atoms with Crippen molar-refractivity contribution in [2.24, 2.45) is 11.7 Å². The zero-order valence-corrected chi connectivity index (χ0v) is 17.3. The Hall–Kier alpha value is -3.65. The van der Waals surface area contributed by atoms with Gasteiger partial charge < -0.3 is 20.2 Å². The number of hydrogen-bond donors (Lipinski definition) is 3. The van der Waals surface area contributed by atoms with Crippen LogP contribution < -0.4 is 10.5 Å². The average molecular weight is 419 g/mol. The Bertz CT molecular complexity index is 1130. The highest BCUT2D eigenvalue weighted by Gasteiger charge is 2.30. The predicted octanol–water partition coefficient (Wildman–Crippen LogP) is 4.16. The number of imidazole rings is 1. The zero-order chi connectivity index (χ0) is 21.6. The van der Waals surface area contributed by atoms with E-state index in [1.807, 2.05) is 55.5 Å². The van der Waals surface area contributed by atoms with Crippen molar-refractivity contribution in [1.29, 1.82) is 0 Å². The summed E-state index contributed by atoms with van der Waals surface area (Å²) in [7, 11) is 0.